The molecule has 2 N–H and O–H groups in total. The smallest absolute Gasteiger partial charge is 0.250 e. The first-order valence-corrected chi connectivity index (χ1v) is 6.42. The van der Waals surface area contributed by atoms with Gasteiger partial charge in [0.2, 0.25) is 10.0 Å². The van der Waals surface area contributed by atoms with Crippen molar-refractivity contribution in [2.45, 2.75) is 10.8 Å². The summed E-state index contributed by atoms with van der Waals surface area (Å²) in [5.41, 5.74) is 0. The molecule has 0 aliphatic carbocycles. The fourth-order valence-electron chi connectivity index (χ4n) is 0.967. The van der Waals surface area contributed by atoms with Gasteiger partial charge in [-0.1, -0.05) is 6.07 Å². The van der Waals surface area contributed by atoms with Crippen LogP contribution in [-0.4, -0.2) is 23.6 Å². The Balaban J connectivity index is 2.06. The van der Waals surface area contributed by atoms with Gasteiger partial charge in [-0.2, -0.15) is 5.10 Å². The number of nitrogens with one attached hydrogen (secondary N) is 2. The number of hydrogen-bond donors (Lipinski definition) is 2. The molecule has 6 nitrogen and oxygen atoms in total. The number of rotatable bonds is 4. The predicted molar refractivity (Wildman–Crippen MR) is 54.7 cm³/mol. The van der Waals surface area contributed by atoms with Crippen molar-refractivity contribution in [3.63, 3.8) is 0 Å². The van der Waals surface area contributed by atoms with Crippen molar-refractivity contribution >= 4 is 21.4 Å². The van der Waals surface area contributed by atoms with E-state index in [0.717, 1.165) is 0 Å². The first kappa shape index (κ1) is 10.3. The topological polar surface area (TPSA) is 87.7 Å². The van der Waals surface area contributed by atoms with Gasteiger partial charge in [0.05, 0.1) is 6.54 Å². The third-order valence-electron chi connectivity index (χ3n) is 1.65. The summed E-state index contributed by atoms with van der Waals surface area (Å²) in [6, 6.07) is 3.24. The molecule has 0 saturated carbocycles. The van der Waals surface area contributed by atoms with E-state index in [0.29, 0.717) is 10.0 Å². The molecule has 8 heteroatoms. The van der Waals surface area contributed by atoms with E-state index in [9.17, 15) is 8.42 Å². The molecule has 2 heterocycles. The van der Waals surface area contributed by atoms with Crippen molar-refractivity contribution < 1.29 is 8.42 Å². The maximum absolute atomic E-state index is 11.6. The second-order valence-corrected chi connectivity index (χ2v) is 5.63. The Morgan fingerprint density at radius 1 is 1.53 bits per heavy atom. The highest BCUT2D eigenvalue weighted by Crippen LogP contribution is 2.15. The number of aromatic nitrogens is 3. The van der Waals surface area contributed by atoms with Crippen LogP contribution in [0.3, 0.4) is 0 Å². The lowest BCUT2D eigenvalue weighted by molar-refractivity contribution is 0.581. The van der Waals surface area contributed by atoms with Crippen molar-refractivity contribution in [2.24, 2.45) is 0 Å². The molecule has 15 heavy (non-hydrogen) atoms. The maximum Gasteiger partial charge on any atom is 0.250 e. The van der Waals surface area contributed by atoms with Crippen LogP contribution in [0.4, 0.5) is 0 Å². The Morgan fingerprint density at radius 3 is 3.00 bits per heavy atom. The van der Waals surface area contributed by atoms with Crippen LogP contribution in [0.15, 0.2) is 28.0 Å². The first-order valence-electron chi connectivity index (χ1n) is 4.06. The van der Waals surface area contributed by atoms with Crippen molar-refractivity contribution in [1.82, 2.24) is 19.9 Å². The lowest BCUT2D eigenvalue weighted by Crippen LogP contribution is -2.22. The minimum Gasteiger partial charge on any atom is -0.262 e. The Labute approximate surface area is 90.4 Å². The van der Waals surface area contributed by atoms with E-state index in [2.05, 4.69) is 19.9 Å². The molecule has 0 aromatic carbocycles. The number of hydrogen-bond acceptors (Lipinski definition) is 5. The Morgan fingerprint density at radius 2 is 2.40 bits per heavy atom. The van der Waals surface area contributed by atoms with Gasteiger partial charge in [0.25, 0.3) is 0 Å². The Hall–Kier alpha value is -1.25. The van der Waals surface area contributed by atoms with Crippen LogP contribution >= 0.6 is 11.3 Å². The van der Waals surface area contributed by atoms with Gasteiger partial charge in [-0.15, -0.1) is 11.3 Å². The third-order valence-corrected chi connectivity index (χ3v) is 4.45. The lowest BCUT2D eigenvalue weighted by Gasteiger charge is -2.01. The van der Waals surface area contributed by atoms with Gasteiger partial charge in [-0.3, -0.25) is 5.10 Å². The monoisotopic (exact) mass is 244 g/mol. The molecule has 0 unspecified atom stereocenters. The summed E-state index contributed by atoms with van der Waals surface area (Å²) in [6.07, 6.45) is 1.33. The number of sulfonamides is 1. The van der Waals surface area contributed by atoms with Gasteiger partial charge >= 0.3 is 0 Å². The van der Waals surface area contributed by atoms with Crippen molar-refractivity contribution in [1.29, 1.82) is 0 Å². The Kier molecular flexibility index (Phi) is 2.80. The van der Waals surface area contributed by atoms with Crippen molar-refractivity contribution in [3.05, 3.63) is 29.7 Å². The summed E-state index contributed by atoms with van der Waals surface area (Å²) in [5, 5.41) is 7.90. The van der Waals surface area contributed by atoms with Crippen LogP contribution in [0.25, 0.3) is 0 Å². The van der Waals surface area contributed by atoms with Gasteiger partial charge < -0.3 is 0 Å². The molecule has 0 spiro atoms. The molecule has 0 aliphatic rings. The quantitative estimate of drug-likeness (QED) is 0.812. The first-order chi connectivity index (χ1) is 7.18. The summed E-state index contributed by atoms with van der Waals surface area (Å²) in [7, 11) is -3.41. The van der Waals surface area contributed by atoms with Crippen LogP contribution in [0.5, 0.6) is 0 Å². The van der Waals surface area contributed by atoms with Gasteiger partial charge in [0.1, 0.15) is 16.4 Å². The highest BCUT2D eigenvalue weighted by atomic mass is 32.2. The zero-order valence-electron chi connectivity index (χ0n) is 7.54. The van der Waals surface area contributed by atoms with E-state index in [1.54, 1.807) is 17.5 Å². The molecule has 0 bridgehead atoms. The number of nitrogens with zero attached hydrogens (tertiary/aromatic N) is 2. The highest BCUT2D eigenvalue weighted by Gasteiger charge is 2.14. The normalized spacial score (nSPS) is 11.7. The maximum atomic E-state index is 11.6. The molecule has 0 saturated heterocycles. The molecule has 2 rings (SSSR count). The summed E-state index contributed by atoms with van der Waals surface area (Å²) in [4.78, 5) is 3.81. The summed E-state index contributed by atoms with van der Waals surface area (Å²) >= 11 is 1.17. The van der Waals surface area contributed by atoms with Gasteiger partial charge in [-0.25, -0.2) is 18.1 Å². The van der Waals surface area contributed by atoms with Crippen LogP contribution in [-0.2, 0) is 16.6 Å². The largest absolute Gasteiger partial charge is 0.262 e. The van der Waals surface area contributed by atoms with Crippen molar-refractivity contribution in [3.8, 4) is 0 Å². The van der Waals surface area contributed by atoms with Gasteiger partial charge in [0.15, 0.2) is 0 Å². The molecule has 0 atom stereocenters. The molecular weight excluding hydrogens is 236 g/mol. The summed E-state index contributed by atoms with van der Waals surface area (Å²) < 4.78 is 26.0. The minimum atomic E-state index is -3.41. The lowest BCUT2D eigenvalue weighted by atomic mass is 10.6. The molecule has 0 aliphatic heterocycles. The SMILES string of the molecule is O=S(=O)(NCc1ncn[nH]1)c1cccs1. The number of aromatic amines is 1. The summed E-state index contributed by atoms with van der Waals surface area (Å²) in [6.45, 7) is 0.111. The molecule has 2 aromatic heterocycles. The predicted octanol–water partition coefficient (Wildman–Crippen LogP) is 0.345. The number of thiophene rings is 1. The number of H-pyrrole nitrogens is 1. The van der Waals surface area contributed by atoms with Crippen LogP contribution in [0.2, 0.25) is 0 Å². The second kappa shape index (κ2) is 4.09. The zero-order chi connectivity index (χ0) is 10.7. The molecule has 0 fully saturated rings. The van der Waals surface area contributed by atoms with Crippen LogP contribution in [0, 0.1) is 0 Å². The van der Waals surface area contributed by atoms with E-state index in [1.165, 1.54) is 17.7 Å². The second-order valence-electron chi connectivity index (χ2n) is 2.69. The molecule has 0 radical (unpaired) electrons. The average Bonchev–Trinajstić information content (AvgIpc) is 2.88. The van der Waals surface area contributed by atoms with E-state index < -0.39 is 10.0 Å². The standard InChI is InChI=1S/C7H8N4O2S2/c12-15(13,7-2-1-3-14-7)10-4-6-8-5-9-11-6/h1-3,5,10H,4H2,(H,8,9,11). The van der Waals surface area contributed by atoms with E-state index in [4.69, 9.17) is 0 Å². The molecule has 0 amide bonds. The highest BCUT2D eigenvalue weighted by molar-refractivity contribution is 7.91. The average molecular weight is 244 g/mol. The van der Waals surface area contributed by atoms with Gasteiger partial charge in [0, 0.05) is 0 Å². The fraction of sp³-hybridized carbons (Fsp3) is 0.143. The fourth-order valence-corrected chi connectivity index (χ4v) is 2.99. The Bertz CT molecular complexity index is 503. The molecule has 80 valence electrons. The van der Waals surface area contributed by atoms with Crippen molar-refractivity contribution in [2.75, 3.05) is 0 Å². The van der Waals surface area contributed by atoms with E-state index in [1.807, 2.05) is 0 Å². The van der Waals surface area contributed by atoms with Gasteiger partial charge in [-0.05, 0) is 11.4 Å². The zero-order valence-corrected chi connectivity index (χ0v) is 9.18. The third kappa shape index (κ3) is 2.41. The summed E-state index contributed by atoms with van der Waals surface area (Å²) in [5.74, 6) is 0.482. The van der Waals surface area contributed by atoms with E-state index >= 15 is 0 Å². The van der Waals surface area contributed by atoms with E-state index in [-0.39, 0.29) is 6.54 Å². The van der Waals surface area contributed by atoms with Crippen LogP contribution < -0.4 is 4.72 Å². The molecular formula is C7H8N4O2S2. The molecule has 2 aromatic rings. The minimum absolute atomic E-state index is 0.111. The van der Waals surface area contributed by atoms with Crippen LogP contribution in [0.1, 0.15) is 5.82 Å².